The summed E-state index contributed by atoms with van der Waals surface area (Å²) in [6.07, 6.45) is 4.16. The molecule has 1 heterocycles. The van der Waals surface area contributed by atoms with E-state index in [0.717, 1.165) is 17.3 Å². The topological polar surface area (TPSA) is 34.0 Å². The van der Waals surface area contributed by atoms with E-state index >= 15 is 0 Å². The summed E-state index contributed by atoms with van der Waals surface area (Å²) in [4.78, 5) is 12.2. The molecular weight excluding hydrogens is 323 g/mol. The normalized spacial score (nSPS) is 14.3. The molecule has 0 bridgehead atoms. The number of nitrogens with one attached hydrogen (secondary N) is 1. The second-order valence-electron chi connectivity index (χ2n) is 4.95. The fraction of sp³-hybridized carbons (Fsp3) is 0.267. The van der Waals surface area contributed by atoms with Gasteiger partial charge in [-0.25, -0.2) is 4.39 Å². The van der Waals surface area contributed by atoms with Gasteiger partial charge >= 0.3 is 0 Å². The maximum Gasteiger partial charge on any atom is 0.268 e. The highest BCUT2D eigenvalue weighted by Crippen LogP contribution is 2.35. The molecule has 1 aromatic heterocycles. The van der Waals surface area contributed by atoms with Crippen LogP contribution in [0.15, 0.2) is 41.0 Å². The van der Waals surface area contributed by atoms with Crippen LogP contribution in [0.2, 0.25) is 0 Å². The van der Waals surface area contributed by atoms with Gasteiger partial charge in [0.15, 0.2) is 0 Å². The van der Waals surface area contributed by atoms with Gasteiger partial charge in [-0.2, -0.15) is 0 Å². The summed E-state index contributed by atoms with van der Waals surface area (Å²) in [5, 5.41) is 2.77. The van der Waals surface area contributed by atoms with Crippen LogP contribution in [0.4, 0.5) is 4.39 Å². The molecule has 0 saturated heterocycles. The number of halogens is 2. The quantitative estimate of drug-likeness (QED) is 0.908. The van der Waals surface area contributed by atoms with Crippen LogP contribution in [0.25, 0.3) is 0 Å². The van der Waals surface area contributed by atoms with E-state index in [-0.39, 0.29) is 18.3 Å². The number of nitrogens with zero attached hydrogens (tertiary/aromatic N) is 1. The Morgan fingerprint density at radius 2 is 2.20 bits per heavy atom. The maximum absolute atomic E-state index is 13.6. The molecule has 0 unspecified atom stereocenters. The molecule has 2 aromatic rings. The van der Waals surface area contributed by atoms with E-state index in [2.05, 4.69) is 21.2 Å². The van der Waals surface area contributed by atoms with E-state index in [1.54, 1.807) is 18.2 Å². The van der Waals surface area contributed by atoms with E-state index in [1.165, 1.54) is 6.07 Å². The molecule has 1 fully saturated rings. The lowest BCUT2D eigenvalue weighted by Crippen LogP contribution is -2.25. The van der Waals surface area contributed by atoms with Crippen LogP contribution in [0, 0.1) is 5.82 Å². The van der Waals surface area contributed by atoms with Gasteiger partial charge in [-0.05, 0) is 43.2 Å². The summed E-state index contributed by atoms with van der Waals surface area (Å²) in [5.74, 6) is -0.479. The molecule has 1 saturated carbocycles. The van der Waals surface area contributed by atoms with Crippen LogP contribution in [-0.2, 0) is 6.54 Å². The molecule has 1 aromatic carbocycles. The number of benzene rings is 1. The van der Waals surface area contributed by atoms with E-state index in [4.69, 9.17) is 0 Å². The molecule has 3 nitrogen and oxygen atoms in total. The van der Waals surface area contributed by atoms with Gasteiger partial charge < -0.3 is 9.88 Å². The Hall–Kier alpha value is -1.62. The number of rotatable bonds is 4. The number of hydrogen-bond donors (Lipinski definition) is 1. The first kappa shape index (κ1) is 13.4. The molecule has 0 spiro atoms. The zero-order chi connectivity index (χ0) is 14.1. The zero-order valence-electron chi connectivity index (χ0n) is 10.8. The van der Waals surface area contributed by atoms with Gasteiger partial charge in [0.25, 0.3) is 5.91 Å². The second kappa shape index (κ2) is 5.40. The van der Waals surface area contributed by atoms with Gasteiger partial charge in [0, 0.05) is 28.8 Å². The standard InChI is InChI=1S/C15H14BrFN2O/c16-11-3-6-13(17)10(8-11)9-18-15(20)14-2-1-7-19(14)12-4-5-12/h1-3,6-8,12H,4-5,9H2,(H,18,20). The molecule has 1 N–H and O–H groups in total. The minimum atomic E-state index is -0.314. The summed E-state index contributed by atoms with van der Waals surface area (Å²) in [6.45, 7) is 0.181. The molecule has 0 aliphatic heterocycles. The van der Waals surface area contributed by atoms with Gasteiger partial charge in [-0.1, -0.05) is 15.9 Å². The third kappa shape index (κ3) is 2.77. The average Bonchev–Trinajstić information content (AvgIpc) is 3.16. The third-order valence-electron chi connectivity index (χ3n) is 3.40. The Bertz CT molecular complexity index is 649. The molecule has 0 radical (unpaired) electrons. The highest BCUT2D eigenvalue weighted by atomic mass is 79.9. The average molecular weight is 337 g/mol. The Labute approximate surface area is 124 Å². The van der Waals surface area contributed by atoms with Crippen molar-refractivity contribution in [2.24, 2.45) is 0 Å². The molecule has 1 aliphatic rings. The highest BCUT2D eigenvalue weighted by molar-refractivity contribution is 9.10. The van der Waals surface area contributed by atoms with Crippen molar-refractivity contribution in [1.82, 2.24) is 9.88 Å². The smallest absolute Gasteiger partial charge is 0.268 e. The number of carbonyl (C=O) groups is 1. The summed E-state index contributed by atoms with van der Waals surface area (Å²) in [7, 11) is 0. The van der Waals surface area contributed by atoms with Crippen molar-refractivity contribution in [2.75, 3.05) is 0 Å². The van der Waals surface area contributed by atoms with Crippen LogP contribution in [0.3, 0.4) is 0 Å². The molecule has 20 heavy (non-hydrogen) atoms. The molecular formula is C15H14BrFN2O. The predicted molar refractivity (Wildman–Crippen MR) is 78.0 cm³/mol. The Morgan fingerprint density at radius 3 is 2.95 bits per heavy atom. The summed E-state index contributed by atoms with van der Waals surface area (Å²) >= 11 is 3.30. The van der Waals surface area contributed by atoms with Crippen molar-refractivity contribution in [1.29, 1.82) is 0 Å². The van der Waals surface area contributed by atoms with Gasteiger partial charge in [-0.3, -0.25) is 4.79 Å². The Balaban J connectivity index is 1.70. The predicted octanol–water partition coefficient (Wildman–Crippen LogP) is 3.65. The van der Waals surface area contributed by atoms with Crippen molar-refractivity contribution < 1.29 is 9.18 Å². The van der Waals surface area contributed by atoms with Gasteiger partial charge in [-0.15, -0.1) is 0 Å². The highest BCUT2D eigenvalue weighted by Gasteiger charge is 2.26. The van der Waals surface area contributed by atoms with Crippen LogP contribution < -0.4 is 5.32 Å². The van der Waals surface area contributed by atoms with Crippen molar-refractivity contribution in [3.8, 4) is 0 Å². The molecule has 5 heteroatoms. The van der Waals surface area contributed by atoms with Gasteiger partial charge in [0.05, 0.1) is 0 Å². The summed E-state index contributed by atoms with van der Waals surface area (Å²) < 4.78 is 16.4. The van der Waals surface area contributed by atoms with Crippen LogP contribution in [0.1, 0.15) is 34.9 Å². The summed E-state index contributed by atoms with van der Waals surface area (Å²) in [5.41, 5.74) is 1.11. The summed E-state index contributed by atoms with van der Waals surface area (Å²) in [6, 6.07) is 8.82. The first-order valence-corrected chi connectivity index (χ1v) is 7.33. The number of amides is 1. The first-order valence-electron chi connectivity index (χ1n) is 6.54. The SMILES string of the molecule is O=C(NCc1cc(Br)ccc1F)c1cccn1C1CC1. The number of hydrogen-bond acceptors (Lipinski definition) is 1. The minimum Gasteiger partial charge on any atom is -0.347 e. The minimum absolute atomic E-state index is 0.165. The molecule has 1 amide bonds. The van der Waals surface area contributed by atoms with E-state index in [1.807, 2.05) is 16.8 Å². The third-order valence-corrected chi connectivity index (χ3v) is 3.89. The number of carbonyl (C=O) groups excluding carboxylic acids is 1. The van der Waals surface area contributed by atoms with E-state index in [9.17, 15) is 9.18 Å². The fourth-order valence-corrected chi connectivity index (χ4v) is 2.61. The molecule has 0 atom stereocenters. The number of aromatic nitrogens is 1. The van der Waals surface area contributed by atoms with Gasteiger partial charge in [0.2, 0.25) is 0 Å². The van der Waals surface area contributed by atoms with Crippen LogP contribution >= 0.6 is 15.9 Å². The van der Waals surface area contributed by atoms with Crippen molar-refractivity contribution >= 4 is 21.8 Å². The monoisotopic (exact) mass is 336 g/mol. The van der Waals surface area contributed by atoms with E-state index < -0.39 is 0 Å². The fourth-order valence-electron chi connectivity index (χ4n) is 2.20. The van der Waals surface area contributed by atoms with Crippen molar-refractivity contribution in [3.63, 3.8) is 0 Å². The van der Waals surface area contributed by atoms with Gasteiger partial charge in [0.1, 0.15) is 11.5 Å². The Kier molecular flexibility index (Phi) is 3.61. The molecule has 104 valence electrons. The zero-order valence-corrected chi connectivity index (χ0v) is 12.4. The maximum atomic E-state index is 13.6. The lowest BCUT2D eigenvalue weighted by atomic mass is 10.2. The second-order valence-corrected chi connectivity index (χ2v) is 5.87. The van der Waals surface area contributed by atoms with E-state index in [0.29, 0.717) is 17.3 Å². The lowest BCUT2D eigenvalue weighted by molar-refractivity contribution is 0.0941. The molecule has 1 aliphatic carbocycles. The first-order chi connectivity index (χ1) is 9.65. The van der Waals surface area contributed by atoms with Crippen LogP contribution in [0.5, 0.6) is 0 Å². The van der Waals surface area contributed by atoms with Crippen LogP contribution in [-0.4, -0.2) is 10.5 Å². The molecule has 3 rings (SSSR count). The lowest BCUT2D eigenvalue weighted by Gasteiger charge is -2.09. The largest absolute Gasteiger partial charge is 0.347 e. The van der Waals surface area contributed by atoms with Crippen molar-refractivity contribution in [2.45, 2.75) is 25.4 Å². The Morgan fingerprint density at radius 1 is 1.40 bits per heavy atom. The van der Waals surface area contributed by atoms with Crippen molar-refractivity contribution in [3.05, 3.63) is 58.1 Å².